The van der Waals surface area contributed by atoms with E-state index in [1.165, 1.54) is 0 Å². The Balaban J connectivity index is 2.08. The van der Waals surface area contributed by atoms with E-state index in [4.69, 9.17) is 5.73 Å². The molecule has 1 aliphatic heterocycles. The topological polar surface area (TPSA) is 50.9 Å². The van der Waals surface area contributed by atoms with Gasteiger partial charge in [-0.1, -0.05) is 36.4 Å². The van der Waals surface area contributed by atoms with Crippen LogP contribution in [0, 0.1) is 0 Å². The van der Waals surface area contributed by atoms with Gasteiger partial charge in [0, 0.05) is 17.5 Å². The third-order valence-corrected chi connectivity index (χ3v) is 2.86. The third-order valence-electron chi connectivity index (χ3n) is 2.86. The zero-order valence-corrected chi connectivity index (χ0v) is 9.30. The highest BCUT2D eigenvalue weighted by atomic mass is 15.1. The Morgan fingerprint density at radius 3 is 2.71 bits per heavy atom. The van der Waals surface area contributed by atoms with Gasteiger partial charge in [0.05, 0.1) is 5.69 Å². The van der Waals surface area contributed by atoms with Crippen molar-refractivity contribution in [3.8, 4) is 0 Å². The van der Waals surface area contributed by atoms with E-state index in [0.29, 0.717) is 0 Å². The van der Waals surface area contributed by atoms with Gasteiger partial charge in [-0.2, -0.15) is 0 Å². The monoisotopic (exact) mass is 223 g/mol. The van der Waals surface area contributed by atoms with E-state index in [1.54, 1.807) is 6.20 Å². The van der Waals surface area contributed by atoms with Crippen LogP contribution in [0.15, 0.2) is 48.7 Å². The van der Waals surface area contributed by atoms with Gasteiger partial charge in [-0.05, 0) is 17.7 Å². The van der Waals surface area contributed by atoms with Crippen molar-refractivity contribution in [1.29, 1.82) is 0 Å². The summed E-state index contributed by atoms with van der Waals surface area (Å²) in [6, 6.07) is 14.1. The van der Waals surface area contributed by atoms with Crippen molar-refractivity contribution in [3.05, 3.63) is 65.5 Å². The van der Waals surface area contributed by atoms with Crippen LogP contribution in [0.2, 0.25) is 0 Å². The molecular formula is C14H13N3. The molecule has 1 unspecified atom stereocenters. The molecule has 1 aromatic carbocycles. The van der Waals surface area contributed by atoms with Gasteiger partial charge in [0.2, 0.25) is 0 Å². The Morgan fingerprint density at radius 2 is 1.88 bits per heavy atom. The van der Waals surface area contributed by atoms with Gasteiger partial charge in [0.25, 0.3) is 0 Å². The lowest BCUT2D eigenvalue weighted by Crippen LogP contribution is -2.31. The van der Waals surface area contributed by atoms with Gasteiger partial charge >= 0.3 is 0 Å². The Morgan fingerprint density at radius 1 is 1.06 bits per heavy atom. The van der Waals surface area contributed by atoms with Crippen molar-refractivity contribution in [2.75, 3.05) is 0 Å². The maximum absolute atomic E-state index is 6.06. The van der Waals surface area contributed by atoms with Crippen LogP contribution in [-0.2, 0) is 0 Å². The summed E-state index contributed by atoms with van der Waals surface area (Å²) in [6.45, 7) is 0. The van der Waals surface area contributed by atoms with Gasteiger partial charge in [-0.15, -0.1) is 0 Å². The zero-order valence-electron chi connectivity index (χ0n) is 9.30. The van der Waals surface area contributed by atoms with E-state index < -0.39 is 0 Å². The van der Waals surface area contributed by atoms with Crippen LogP contribution in [0.1, 0.15) is 23.0 Å². The number of fused-ring (bicyclic) bond motifs is 1. The smallest absolute Gasteiger partial charge is 0.119 e. The van der Waals surface area contributed by atoms with Crippen LogP contribution in [0.4, 0.5) is 0 Å². The minimum atomic E-state index is -0.244. The van der Waals surface area contributed by atoms with Crippen LogP contribution in [0.3, 0.4) is 0 Å². The molecule has 1 aliphatic rings. The molecule has 84 valence electrons. The van der Waals surface area contributed by atoms with Crippen molar-refractivity contribution >= 4 is 11.8 Å². The van der Waals surface area contributed by atoms with Crippen LogP contribution < -0.4 is 11.1 Å². The highest BCUT2D eigenvalue weighted by Crippen LogP contribution is 2.25. The molecule has 0 spiro atoms. The summed E-state index contributed by atoms with van der Waals surface area (Å²) < 4.78 is 0. The molecule has 0 radical (unpaired) electrons. The molecule has 1 atom stereocenters. The summed E-state index contributed by atoms with van der Waals surface area (Å²) in [7, 11) is 0. The van der Waals surface area contributed by atoms with Crippen LogP contribution in [0.25, 0.3) is 11.8 Å². The molecule has 2 heterocycles. The summed E-state index contributed by atoms with van der Waals surface area (Å²) in [4.78, 5) is 4.30. The maximum atomic E-state index is 6.06. The second kappa shape index (κ2) is 4.03. The molecule has 2 aromatic rings. The highest BCUT2D eigenvalue weighted by Gasteiger charge is 2.18. The number of hydrogen-bond acceptors (Lipinski definition) is 3. The average molecular weight is 223 g/mol. The molecule has 0 saturated carbocycles. The van der Waals surface area contributed by atoms with Gasteiger partial charge in [0.1, 0.15) is 6.17 Å². The standard InChI is InChI=1S/C14H13N3/c15-14-13-11(7-4-8-16-13)9-12(17-14)10-5-2-1-3-6-10/h1-9,14,17H,15H2. The Hall–Kier alpha value is -2.13. The van der Waals surface area contributed by atoms with Gasteiger partial charge in [-0.25, -0.2) is 0 Å². The van der Waals surface area contributed by atoms with Crippen LogP contribution >= 0.6 is 0 Å². The molecule has 3 N–H and O–H groups in total. The van der Waals surface area contributed by atoms with Gasteiger partial charge < -0.3 is 11.1 Å². The molecule has 3 rings (SSSR count). The number of pyridine rings is 1. The fourth-order valence-electron chi connectivity index (χ4n) is 2.03. The quantitative estimate of drug-likeness (QED) is 0.778. The first kappa shape index (κ1) is 10.1. The van der Waals surface area contributed by atoms with Crippen molar-refractivity contribution in [3.63, 3.8) is 0 Å². The lowest BCUT2D eigenvalue weighted by Gasteiger charge is -2.24. The predicted octanol–water partition coefficient (Wildman–Crippen LogP) is 2.14. The fourth-order valence-corrected chi connectivity index (χ4v) is 2.03. The third kappa shape index (κ3) is 1.81. The SMILES string of the molecule is NC1NC(c2ccccc2)=Cc2cccnc21. The fraction of sp³-hybridized carbons (Fsp3) is 0.0714. The van der Waals surface area contributed by atoms with E-state index in [9.17, 15) is 0 Å². The number of benzene rings is 1. The summed E-state index contributed by atoms with van der Waals surface area (Å²) in [5, 5.41) is 3.27. The molecule has 0 bridgehead atoms. The summed E-state index contributed by atoms with van der Waals surface area (Å²) in [5.74, 6) is 0. The van der Waals surface area contributed by atoms with E-state index in [-0.39, 0.29) is 6.17 Å². The van der Waals surface area contributed by atoms with E-state index >= 15 is 0 Å². The minimum Gasteiger partial charge on any atom is -0.364 e. The summed E-state index contributed by atoms with van der Waals surface area (Å²) in [5.41, 5.74) is 10.2. The number of hydrogen-bond donors (Lipinski definition) is 2. The molecule has 0 saturated heterocycles. The minimum absolute atomic E-state index is 0.244. The predicted molar refractivity (Wildman–Crippen MR) is 68.6 cm³/mol. The molecule has 3 heteroatoms. The lowest BCUT2D eigenvalue weighted by molar-refractivity contribution is 0.638. The summed E-state index contributed by atoms with van der Waals surface area (Å²) in [6.07, 6.45) is 3.61. The number of rotatable bonds is 1. The van der Waals surface area contributed by atoms with Gasteiger partial charge in [0.15, 0.2) is 0 Å². The van der Waals surface area contributed by atoms with Crippen LogP contribution in [0.5, 0.6) is 0 Å². The Bertz CT molecular complexity index is 561. The number of nitrogens with zero attached hydrogens (tertiary/aromatic N) is 1. The molecule has 0 aliphatic carbocycles. The molecule has 1 aromatic heterocycles. The van der Waals surface area contributed by atoms with Crippen LogP contribution in [-0.4, -0.2) is 4.98 Å². The molecular weight excluding hydrogens is 210 g/mol. The van der Waals surface area contributed by atoms with Gasteiger partial charge in [-0.3, -0.25) is 4.98 Å². The molecule has 17 heavy (non-hydrogen) atoms. The average Bonchev–Trinajstić information content (AvgIpc) is 2.40. The lowest BCUT2D eigenvalue weighted by atomic mass is 10.0. The summed E-state index contributed by atoms with van der Waals surface area (Å²) >= 11 is 0. The Kier molecular flexibility index (Phi) is 2.38. The first-order valence-electron chi connectivity index (χ1n) is 5.59. The van der Waals surface area contributed by atoms with E-state index in [0.717, 1.165) is 22.5 Å². The van der Waals surface area contributed by atoms with Crippen molar-refractivity contribution in [1.82, 2.24) is 10.3 Å². The number of nitrogens with one attached hydrogen (secondary N) is 1. The zero-order chi connectivity index (χ0) is 11.7. The second-order valence-corrected chi connectivity index (χ2v) is 4.02. The van der Waals surface area contributed by atoms with E-state index in [1.807, 2.05) is 30.3 Å². The number of nitrogens with two attached hydrogens (primary N) is 1. The maximum Gasteiger partial charge on any atom is 0.119 e. The molecule has 3 nitrogen and oxygen atoms in total. The van der Waals surface area contributed by atoms with Crippen molar-refractivity contribution in [2.24, 2.45) is 5.73 Å². The Labute approximate surface area is 100.0 Å². The highest BCUT2D eigenvalue weighted by molar-refractivity contribution is 5.82. The first-order valence-corrected chi connectivity index (χ1v) is 5.59. The van der Waals surface area contributed by atoms with E-state index in [2.05, 4.69) is 28.5 Å². The largest absolute Gasteiger partial charge is 0.364 e. The normalized spacial score (nSPS) is 17.9. The second-order valence-electron chi connectivity index (χ2n) is 4.02. The first-order chi connectivity index (χ1) is 8.34. The molecule has 0 amide bonds. The molecule has 0 fully saturated rings. The van der Waals surface area contributed by atoms with Crippen molar-refractivity contribution < 1.29 is 0 Å². The van der Waals surface area contributed by atoms with Crippen molar-refractivity contribution in [2.45, 2.75) is 6.17 Å². The number of aromatic nitrogens is 1.